The Hall–Kier alpha value is -1.92. The third-order valence-corrected chi connectivity index (χ3v) is 3.90. The van der Waals surface area contributed by atoms with E-state index in [4.69, 9.17) is 5.11 Å². The minimum Gasteiger partial charge on any atom is -0.481 e. The van der Waals surface area contributed by atoms with Gasteiger partial charge in [-0.1, -0.05) is 19.3 Å². The van der Waals surface area contributed by atoms with Gasteiger partial charge in [0, 0.05) is 0 Å². The molecule has 1 fully saturated rings. The Labute approximate surface area is 117 Å². The van der Waals surface area contributed by atoms with Gasteiger partial charge in [-0.15, -0.1) is 0 Å². The topological polar surface area (TPSA) is 97.1 Å². The third-order valence-electron chi connectivity index (χ3n) is 3.90. The Morgan fingerprint density at radius 1 is 1.40 bits per heavy atom. The first-order chi connectivity index (χ1) is 9.52. The summed E-state index contributed by atoms with van der Waals surface area (Å²) in [7, 11) is 0. The number of rotatable bonds is 5. The molecule has 2 N–H and O–H groups in total. The van der Waals surface area contributed by atoms with Crippen LogP contribution in [0.25, 0.3) is 0 Å². The highest BCUT2D eigenvalue weighted by molar-refractivity contribution is 5.81. The molecule has 1 aliphatic carbocycles. The van der Waals surface area contributed by atoms with Gasteiger partial charge in [-0.25, -0.2) is 9.67 Å². The van der Waals surface area contributed by atoms with Gasteiger partial charge in [-0.3, -0.25) is 9.59 Å². The van der Waals surface area contributed by atoms with Crippen LogP contribution < -0.4 is 5.32 Å². The van der Waals surface area contributed by atoms with Gasteiger partial charge < -0.3 is 10.4 Å². The van der Waals surface area contributed by atoms with Crippen molar-refractivity contribution in [3.05, 3.63) is 12.7 Å². The van der Waals surface area contributed by atoms with E-state index in [0.717, 1.165) is 32.1 Å². The lowest BCUT2D eigenvalue weighted by atomic mass is 9.79. The first-order valence-corrected chi connectivity index (χ1v) is 6.90. The van der Waals surface area contributed by atoms with Crippen molar-refractivity contribution in [2.24, 2.45) is 0 Å². The summed E-state index contributed by atoms with van der Waals surface area (Å²) in [4.78, 5) is 27.2. The maximum atomic E-state index is 12.3. The summed E-state index contributed by atoms with van der Waals surface area (Å²) in [6, 6.07) is -0.495. The summed E-state index contributed by atoms with van der Waals surface area (Å²) in [5.41, 5.74) is -0.615. The van der Waals surface area contributed by atoms with Gasteiger partial charge >= 0.3 is 5.97 Å². The molecule has 0 aromatic carbocycles. The molecular formula is C13H20N4O3. The summed E-state index contributed by atoms with van der Waals surface area (Å²) < 4.78 is 1.46. The second-order valence-corrected chi connectivity index (χ2v) is 5.45. The molecule has 1 aliphatic rings. The Morgan fingerprint density at radius 2 is 2.10 bits per heavy atom. The van der Waals surface area contributed by atoms with E-state index in [2.05, 4.69) is 15.4 Å². The van der Waals surface area contributed by atoms with Crippen molar-refractivity contribution in [1.82, 2.24) is 20.1 Å². The van der Waals surface area contributed by atoms with Crippen LogP contribution in [0.4, 0.5) is 0 Å². The number of hydrogen-bond donors (Lipinski definition) is 2. The average molecular weight is 280 g/mol. The fraction of sp³-hybridized carbons (Fsp3) is 0.692. The van der Waals surface area contributed by atoms with E-state index >= 15 is 0 Å². The van der Waals surface area contributed by atoms with Gasteiger partial charge in [0.1, 0.15) is 18.7 Å². The summed E-state index contributed by atoms with van der Waals surface area (Å²) in [6.07, 6.45) is 7.26. The SMILES string of the molecule is CC(C(=O)NC1(CC(=O)O)CCCCC1)n1cncn1. The zero-order valence-corrected chi connectivity index (χ0v) is 11.6. The molecule has 2 rings (SSSR count). The first kappa shape index (κ1) is 14.5. The van der Waals surface area contributed by atoms with Crippen molar-refractivity contribution in [1.29, 1.82) is 0 Å². The molecule has 1 aromatic rings. The van der Waals surface area contributed by atoms with Gasteiger partial charge in [0.15, 0.2) is 0 Å². The zero-order chi connectivity index (χ0) is 14.6. The standard InChI is InChI=1S/C13H20N4O3/c1-10(17-9-14-8-15-17)12(20)16-13(7-11(18)19)5-3-2-4-6-13/h8-10H,2-7H2,1H3,(H,16,20)(H,18,19). The van der Waals surface area contributed by atoms with Crippen LogP contribution in [0.1, 0.15) is 51.5 Å². The van der Waals surface area contributed by atoms with Crippen LogP contribution in [0.5, 0.6) is 0 Å². The summed E-state index contributed by atoms with van der Waals surface area (Å²) in [5, 5.41) is 16.0. The van der Waals surface area contributed by atoms with Crippen molar-refractivity contribution in [2.75, 3.05) is 0 Å². The van der Waals surface area contributed by atoms with E-state index in [1.54, 1.807) is 6.92 Å². The van der Waals surface area contributed by atoms with Crippen LogP contribution >= 0.6 is 0 Å². The lowest BCUT2D eigenvalue weighted by molar-refractivity contribution is -0.140. The number of nitrogens with zero attached hydrogens (tertiary/aromatic N) is 3. The van der Waals surface area contributed by atoms with Crippen molar-refractivity contribution in [2.45, 2.75) is 57.0 Å². The third kappa shape index (κ3) is 3.34. The molecule has 1 saturated carbocycles. The number of carboxylic acid groups (broad SMARTS) is 1. The van der Waals surface area contributed by atoms with Crippen LogP contribution in [-0.2, 0) is 9.59 Å². The van der Waals surface area contributed by atoms with Gasteiger partial charge in [0.05, 0.1) is 12.0 Å². The number of carbonyl (C=O) groups excluding carboxylic acids is 1. The highest BCUT2D eigenvalue weighted by atomic mass is 16.4. The van der Waals surface area contributed by atoms with Crippen molar-refractivity contribution in [3.63, 3.8) is 0 Å². The monoisotopic (exact) mass is 280 g/mol. The lowest BCUT2D eigenvalue weighted by Crippen LogP contribution is -2.52. The maximum Gasteiger partial charge on any atom is 0.305 e. The van der Waals surface area contributed by atoms with Crippen LogP contribution in [-0.4, -0.2) is 37.3 Å². The predicted molar refractivity (Wildman–Crippen MR) is 70.9 cm³/mol. The summed E-state index contributed by atoms with van der Waals surface area (Å²) in [6.45, 7) is 1.72. The van der Waals surface area contributed by atoms with Gasteiger partial charge in [-0.05, 0) is 19.8 Å². The normalized spacial score (nSPS) is 19.2. The fourth-order valence-corrected chi connectivity index (χ4v) is 2.77. The molecule has 20 heavy (non-hydrogen) atoms. The molecule has 1 unspecified atom stereocenters. The number of amides is 1. The number of carboxylic acids is 1. The molecule has 7 heteroatoms. The van der Waals surface area contributed by atoms with E-state index in [9.17, 15) is 9.59 Å². The van der Waals surface area contributed by atoms with E-state index < -0.39 is 17.6 Å². The molecular weight excluding hydrogens is 260 g/mol. The quantitative estimate of drug-likeness (QED) is 0.842. The fourth-order valence-electron chi connectivity index (χ4n) is 2.77. The number of aromatic nitrogens is 3. The molecule has 1 aromatic heterocycles. The molecule has 1 amide bonds. The summed E-state index contributed by atoms with van der Waals surface area (Å²) >= 11 is 0. The Balaban J connectivity index is 2.07. The van der Waals surface area contributed by atoms with E-state index in [-0.39, 0.29) is 12.3 Å². The molecule has 7 nitrogen and oxygen atoms in total. The smallest absolute Gasteiger partial charge is 0.305 e. The maximum absolute atomic E-state index is 12.3. The number of nitrogens with one attached hydrogen (secondary N) is 1. The lowest BCUT2D eigenvalue weighted by Gasteiger charge is -2.37. The highest BCUT2D eigenvalue weighted by Gasteiger charge is 2.37. The Morgan fingerprint density at radius 3 is 2.65 bits per heavy atom. The van der Waals surface area contributed by atoms with Crippen LogP contribution in [0.15, 0.2) is 12.7 Å². The molecule has 0 bridgehead atoms. The predicted octanol–water partition coefficient (Wildman–Crippen LogP) is 1.13. The van der Waals surface area contributed by atoms with Crippen LogP contribution in [0.3, 0.4) is 0 Å². The largest absolute Gasteiger partial charge is 0.481 e. The Kier molecular flexibility index (Phi) is 4.36. The van der Waals surface area contributed by atoms with Crippen LogP contribution in [0, 0.1) is 0 Å². The second-order valence-electron chi connectivity index (χ2n) is 5.45. The van der Waals surface area contributed by atoms with E-state index in [0.29, 0.717) is 0 Å². The van der Waals surface area contributed by atoms with Crippen LogP contribution in [0.2, 0.25) is 0 Å². The van der Waals surface area contributed by atoms with Gasteiger partial charge in [-0.2, -0.15) is 5.10 Å². The molecule has 1 heterocycles. The van der Waals surface area contributed by atoms with Crippen molar-refractivity contribution in [3.8, 4) is 0 Å². The summed E-state index contributed by atoms with van der Waals surface area (Å²) in [5.74, 6) is -1.08. The number of aliphatic carboxylic acids is 1. The molecule has 1 atom stereocenters. The Bertz CT molecular complexity index is 466. The van der Waals surface area contributed by atoms with E-state index in [1.165, 1.54) is 17.3 Å². The number of hydrogen-bond acceptors (Lipinski definition) is 4. The van der Waals surface area contributed by atoms with Gasteiger partial charge in [0.2, 0.25) is 5.91 Å². The average Bonchev–Trinajstić information content (AvgIpc) is 2.91. The first-order valence-electron chi connectivity index (χ1n) is 6.90. The second kappa shape index (κ2) is 6.02. The molecule has 0 spiro atoms. The molecule has 0 radical (unpaired) electrons. The minimum atomic E-state index is -0.874. The molecule has 110 valence electrons. The number of carbonyl (C=O) groups is 2. The van der Waals surface area contributed by atoms with E-state index in [1.807, 2.05) is 0 Å². The zero-order valence-electron chi connectivity index (χ0n) is 11.6. The molecule has 0 aliphatic heterocycles. The molecule has 0 saturated heterocycles. The van der Waals surface area contributed by atoms with Gasteiger partial charge in [0.25, 0.3) is 0 Å². The van der Waals surface area contributed by atoms with Crippen molar-refractivity contribution >= 4 is 11.9 Å². The highest BCUT2D eigenvalue weighted by Crippen LogP contribution is 2.31. The minimum absolute atomic E-state index is 0.0250. The van der Waals surface area contributed by atoms with Crippen molar-refractivity contribution < 1.29 is 14.7 Å².